The lowest BCUT2D eigenvalue weighted by Gasteiger charge is -2.29. The van der Waals surface area contributed by atoms with Gasteiger partial charge in [0.2, 0.25) is 8.32 Å². The molecule has 0 spiro atoms. The van der Waals surface area contributed by atoms with Gasteiger partial charge in [-0.1, -0.05) is 27.3 Å². The number of rotatable bonds is 2. The largest absolute Gasteiger partial charge is 0.547 e. The zero-order valence-corrected chi connectivity index (χ0v) is 9.49. The Balaban J connectivity index is 4.43. The number of allylic oxidation sites excluding steroid dienone is 1. The van der Waals surface area contributed by atoms with Gasteiger partial charge in [0, 0.05) is 5.41 Å². The van der Waals surface area contributed by atoms with Crippen LogP contribution in [0.25, 0.3) is 0 Å². The molecule has 0 N–H and O–H groups in total. The van der Waals surface area contributed by atoms with Crippen molar-refractivity contribution in [2.24, 2.45) is 5.41 Å². The molecule has 0 aliphatic heterocycles. The fraction of sp³-hybridized carbons (Fsp3) is 0.778. The Morgan fingerprint density at radius 3 is 1.91 bits per heavy atom. The Morgan fingerprint density at radius 1 is 1.36 bits per heavy atom. The second-order valence-corrected chi connectivity index (χ2v) is 9.26. The molecule has 0 unspecified atom stereocenters. The summed E-state index contributed by atoms with van der Waals surface area (Å²) in [7, 11) is -1.54. The van der Waals surface area contributed by atoms with E-state index in [0.29, 0.717) is 0 Å². The van der Waals surface area contributed by atoms with Crippen LogP contribution in [0.1, 0.15) is 22.1 Å². The van der Waals surface area contributed by atoms with Crippen LogP contribution in [0.5, 0.6) is 0 Å². The van der Waals surface area contributed by atoms with Gasteiger partial charge in [0.05, 0.1) is 7.13 Å². The molecule has 11 heavy (non-hydrogen) atoms. The van der Waals surface area contributed by atoms with Crippen molar-refractivity contribution < 1.29 is 5.80 Å². The fourth-order valence-corrected chi connectivity index (χ4v) is 1.45. The quantitative estimate of drug-likeness (QED) is 0.459. The highest BCUT2D eigenvalue weighted by molar-refractivity contribution is 6.70. The van der Waals surface area contributed by atoms with Gasteiger partial charge in [-0.2, -0.15) is 0 Å². The Morgan fingerprint density at radius 2 is 1.82 bits per heavy atom. The van der Waals surface area contributed by atoms with E-state index in [0.717, 1.165) is 5.76 Å². The highest BCUT2D eigenvalue weighted by atomic mass is 28.4. The maximum Gasteiger partial charge on any atom is 0.241 e. The van der Waals surface area contributed by atoms with Crippen molar-refractivity contribution in [3.63, 3.8) is 0 Å². The highest BCUT2D eigenvalue weighted by Crippen LogP contribution is 2.27. The van der Waals surface area contributed by atoms with Crippen LogP contribution >= 0.6 is 0 Å². The monoisotopic (exact) mass is 173 g/mol. The molecule has 0 fully saturated rings. The van der Waals surface area contributed by atoms with Crippen LogP contribution in [-0.2, 0) is 4.43 Å². The maximum absolute atomic E-state index is 7.23. The molecule has 1 nitrogen and oxygen atoms in total. The second-order valence-electron chi connectivity index (χ2n) is 4.83. The van der Waals surface area contributed by atoms with Crippen LogP contribution in [0.2, 0.25) is 19.6 Å². The van der Waals surface area contributed by atoms with Crippen molar-refractivity contribution in [2.75, 3.05) is 0 Å². The average Bonchev–Trinajstić information content (AvgIpc) is 1.78. The first-order chi connectivity index (χ1) is 5.17. The van der Waals surface area contributed by atoms with Gasteiger partial charge in [0.1, 0.15) is 0 Å². The molecule has 0 radical (unpaired) electrons. The summed E-state index contributed by atoms with van der Waals surface area (Å²) in [6, 6.07) is 0. The lowest BCUT2D eigenvalue weighted by atomic mass is 9.95. The van der Waals surface area contributed by atoms with Crippen molar-refractivity contribution in [2.45, 2.75) is 40.4 Å². The Bertz CT molecular complexity index is 174. The van der Waals surface area contributed by atoms with Gasteiger partial charge in [-0.05, 0) is 19.6 Å². The van der Waals surface area contributed by atoms with Gasteiger partial charge >= 0.3 is 0 Å². The minimum atomic E-state index is -1.54. The van der Waals surface area contributed by atoms with E-state index in [-0.39, 0.29) is 5.41 Å². The minimum absolute atomic E-state index is 0.0397. The molecule has 0 aromatic rings. The van der Waals surface area contributed by atoms with Gasteiger partial charge in [-0.25, -0.2) is 0 Å². The van der Waals surface area contributed by atoms with Gasteiger partial charge < -0.3 is 4.43 Å². The van der Waals surface area contributed by atoms with E-state index >= 15 is 0 Å². The summed E-state index contributed by atoms with van der Waals surface area (Å²) in [5.74, 6) is 0.793. The number of hydrogen-bond acceptors (Lipinski definition) is 1. The molecule has 2 heteroatoms. The molecule has 0 rings (SSSR count). The second kappa shape index (κ2) is 3.01. The van der Waals surface area contributed by atoms with Gasteiger partial charge in [-0.3, -0.25) is 0 Å². The molecule has 0 bridgehead atoms. The van der Waals surface area contributed by atoms with Crippen molar-refractivity contribution in [3.05, 3.63) is 12.3 Å². The number of hydrogen-bond donors (Lipinski definition) is 0. The fourth-order valence-electron chi connectivity index (χ4n) is 0.483. The average molecular weight is 173 g/mol. The zero-order chi connectivity index (χ0) is 9.99. The smallest absolute Gasteiger partial charge is 0.241 e. The summed E-state index contributed by atoms with van der Waals surface area (Å²) in [6.07, 6.45) is 0. The molecular formula is C9H20OSi. The normalized spacial score (nSPS) is 16.2. The van der Waals surface area contributed by atoms with Crippen LogP contribution in [0.15, 0.2) is 12.3 Å². The van der Waals surface area contributed by atoms with E-state index < -0.39 is 8.32 Å². The molecule has 0 aromatic heterocycles. The van der Waals surface area contributed by atoms with Gasteiger partial charge in [0.25, 0.3) is 0 Å². The molecule has 0 saturated carbocycles. The molecule has 0 aromatic carbocycles. The zero-order valence-electron chi connectivity index (χ0n) is 9.49. The van der Waals surface area contributed by atoms with Gasteiger partial charge in [-0.15, -0.1) is 0 Å². The summed E-state index contributed by atoms with van der Waals surface area (Å²) >= 11 is 0. The van der Waals surface area contributed by atoms with E-state index in [4.69, 9.17) is 5.80 Å². The third kappa shape index (κ3) is 5.07. The molecule has 0 amide bonds. The Hall–Kier alpha value is -0.243. The van der Waals surface area contributed by atoms with E-state index in [1.54, 1.807) is 0 Å². The summed E-state index contributed by atoms with van der Waals surface area (Å²) in [5.41, 5.74) is -0.0397. The van der Waals surface area contributed by atoms with Crippen LogP contribution < -0.4 is 0 Å². The first kappa shape index (κ1) is 8.85. The first-order valence-electron chi connectivity index (χ1n) is 4.52. The van der Waals surface area contributed by atoms with Crippen molar-refractivity contribution in [3.8, 4) is 0 Å². The molecular weight excluding hydrogens is 152 g/mol. The van der Waals surface area contributed by atoms with Crippen LogP contribution in [0.3, 0.4) is 0 Å². The molecule has 0 aliphatic rings. The van der Waals surface area contributed by atoms with Crippen molar-refractivity contribution in [1.82, 2.24) is 0 Å². The minimum Gasteiger partial charge on any atom is -0.547 e. The molecule has 0 atom stereocenters. The lowest BCUT2D eigenvalue weighted by molar-refractivity contribution is 0.292. The summed E-state index contributed by atoms with van der Waals surface area (Å²) in [5, 5.41) is 0. The molecule has 0 aliphatic carbocycles. The molecule has 66 valence electrons. The van der Waals surface area contributed by atoms with Gasteiger partial charge in [0.15, 0.2) is 0 Å². The van der Waals surface area contributed by atoms with Crippen LogP contribution in [-0.4, -0.2) is 8.32 Å². The van der Waals surface area contributed by atoms with Crippen LogP contribution in [0.4, 0.5) is 0 Å². The van der Waals surface area contributed by atoms with Crippen molar-refractivity contribution in [1.29, 1.82) is 0 Å². The van der Waals surface area contributed by atoms with E-state index in [1.165, 1.54) is 6.55 Å². The van der Waals surface area contributed by atoms with Crippen LogP contribution in [0, 0.1) is 5.41 Å². The molecule has 0 saturated heterocycles. The highest BCUT2D eigenvalue weighted by Gasteiger charge is 2.23. The van der Waals surface area contributed by atoms with E-state index in [2.05, 4.69) is 40.4 Å². The SMILES string of the molecule is [2H]C=C(O[Si](C)(C)C)C(C)(C)C. The summed E-state index contributed by atoms with van der Waals surface area (Å²) < 4.78 is 13.0. The third-order valence-electron chi connectivity index (χ3n) is 1.16. The summed E-state index contributed by atoms with van der Waals surface area (Å²) in [4.78, 5) is 0. The Kier molecular flexibility index (Phi) is 2.42. The first-order valence-corrected chi connectivity index (χ1v) is 7.36. The predicted octanol–water partition coefficient (Wildman–Crippen LogP) is 3.40. The molecule has 0 heterocycles. The van der Waals surface area contributed by atoms with Crippen molar-refractivity contribution >= 4 is 8.32 Å². The van der Waals surface area contributed by atoms with E-state index in [1.807, 2.05) is 0 Å². The van der Waals surface area contributed by atoms with E-state index in [9.17, 15) is 0 Å². The summed E-state index contributed by atoms with van der Waals surface area (Å²) in [6.45, 7) is 13.9. The standard InChI is InChI=1S/C9H20OSi/c1-8(9(2,3)4)10-11(5,6)7/h1H2,2-7H3/i1D. The lowest BCUT2D eigenvalue weighted by Crippen LogP contribution is -2.28. The maximum atomic E-state index is 7.23. The third-order valence-corrected chi connectivity index (χ3v) is 1.99. The predicted molar refractivity (Wildman–Crippen MR) is 53.0 cm³/mol. The topological polar surface area (TPSA) is 9.23 Å². The Labute approximate surface area is 73.0 Å².